The second-order valence-electron chi connectivity index (χ2n) is 4.16. The van der Waals surface area contributed by atoms with E-state index in [0.717, 1.165) is 24.6 Å². The molecule has 0 radical (unpaired) electrons. The summed E-state index contributed by atoms with van der Waals surface area (Å²) < 4.78 is 0. The van der Waals surface area contributed by atoms with E-state index in [1.165, 1.54) is 24.9 Å². The number of hydrogen-bond acceptors (Lipinski definition) is 2. The van der Waals surface area contributed by atoms with Gasteiger partial charge in [-0.2, -0.15) is 0 Å². The Morgan fingerprint density at radius 3 is 2.75 bits per heavy atom. The van der Waals surface area contributed by atoms with Crippen LogP contribution in [0, 0.1) is 5.92 Å². The highest BCUT2D eigenvalue weighted by Gasteiger charge is 2.13. The van der Waals surface area contributed by atoms with Crippen LogP contribution in [0.5, 0.6) is 0 Å². The van der Waals surface area contributed by atoms with E-state index in [0.29, 0.717) is 0 Å². The van der Waals surface area contributed by atoms with Gasteiger partial charge in [0.15, 0.2) is 0 Å². The largest absolute Gasteiger partial charge is 0.399 e. The van der Waals surface area contributed by atoms with Crippen LogP contribution in [-0.4, -0.2) is 13.1 Å². The van der Waals surface area contributed by atoms with Crippen molar-refractivity contribution < 1.29 is 0 Å². The molecule has 1 aliphatic rings. The van der Waals surface area contributed by atoms with Crippen LogP contribution in [0.15, 0.2) is 24.3 Å². The van der Waals surface area contributed by atoms with Crippen molar-refractivity contribution in [2.75, 3.05) is 18.8 Å². The number of nitrogens with one attached hydrogen (secondary N) is 1. The minimum absolute atomic E-state index is 0. The maximum atomic E-state index is 5.75. The fourth-order valence-corrected chi connectivity index (χ4v) is 2.15. The summed E-state index contributed by atoms with van der Waals surface area (Å²) in [5.74, 6) is 0.797. The van der Waals surface area contributed by atoms with Crippen LogP contribution in [0.25, 0.3) is 0 Å². The Morgan fingerprint density at radius 1 is 1.31 bits per heavy atom. The van der Waals surface area contributed by atoms with Crippen molar-refractivity contribution >= 4 is 30.5 Å². The molecule has 0 saturated carbocycles. The zero-order valence-corrected chi connectivity index (χ0v) is 10.9. The number of nitrogen functional groups attached to an aromatic ring is 1. The maximum absolute atomic E-state index is 5.75. The molecule has 0 amide bonds. The monoisotopic (exact) mass is 262 g/mol. The van der Waals surface area contributed by atoms with Gasteiger partial charge in [0.25, 0.3) is 0 Å². The van der Waals surface area contributed by atoms with Gasteiger partial charge in [-0.1, -0.05) is 12.1 Å². The molecule has 3 N–H and O–H groups in total. The van der Waals surface area contributed by atoms with Crippen molar-refractivity contribution in [3.63, 3.8) is 0 Å². The summed E-state index contributed by atoms with van der Waals surface area (Å²) in [7, 11) is 0. The third kappa shape index (κ3) is 4.60. The van der Waals surface area contributed by atoms with Crippen molar-refractivity contribution in [2.45, 2.75) is 19.3 Å². The van der Waals surface area contributed by atoms with E-state index < -0.39 is 0 Å². The molecular weight excluding hydrogens is 243 g/mol. The molecule has 16 heavy (non-hydrogen) atoms. The molecule has 1 heterocycles. The molecular formula is C12H20Cl2N2. The number of rotatable bonds is 2. The van der Waals surface area contributed by atoms with E-state index in [-0.39, 0.29) is 24.8 Å². The van der Waals surface area contributed by atoms with E-state index in [1.54, 1.807) is 0 Å². The van der Waals surface area contributed by atoms with E-state index in [4.69, 9.17) is 5.73 Å². The van der Waals surface area contributed by atoms with Gasteiger partial charge in [0, 0.05) is 5.69 Å². The first-order chi connectivity index (χ1) is 6.84. The number of hydrogen-bond donors (Lipinski definition) is 2. The number of anilines is 1. The molecule has 1 saturated heterocycles. The highest BCUT2D eigenvalue weighted by atomic mass is 35.5. The van der Waals surface area contributed by atoms with Gasteiger partial charge in [0.2, 0.25) is 0 Å². The topological polar surface area (TPSA) is 38.0 Å². The Morgan fingerprint density at radius 2 is 2.12 bits per heavy atom. The predicted octanol–water partition coefficient (Wildman–Crippen LogP) is 2.65. The van der Waals surface area contributed by atoms with E-state index >= 15 is 0 Å². The standard InChI is InChI=1S/C12H18N2.2ClH/c13-12-5-1-3-10(8-12)7-11-4-2-6-14-9-11;;/h1,3,5,8,11,14H,2,4,6-7,9,13H2;2*1H. The van der Waals surface area contributed by atoms with Gasteiger partial charge in [-0.25, -0.2) is 0 Å². The van der Waals surface area contributed by atoms with Crippen molar-refractivity contribution in [3.05, 3.63) is 29.8 Å². The van der Waals surface area contributed by atoms with Gasteiger partial charge < -0.3 is 11.1 Å². The van der Waals surface area contributed by atoms with Crippen molar-refractivity contribution in [1.29, 1.82) is 0 Å². The van der Waals surface area contributed by atoms with Crippen LogP contribution in [-0.2, 0) is 6.42 Å². The first-order valence-electron chi connectivity index (χ1n) is 5.40. The van der Waals surface area contributed by atoms with Crippen LogP contribution in [0.2, 0.25) is 0 Å². The quantitative estimate of drug-likeness (QED) is 0.805. The Balaban J connectivity index is 0.00000112. The Labute approximate surface area is 110 Å². The number of benzene rings is 1. The predicted molar refractivity (Wildman–Crippen MR) is 74.6 cm³/mol. The van der Waals surface area contributed by atoms with Gasteiger partial charge in [-0.3, -0.25) is 0 Å². The molecule has 0 aromatic heterocycles. The lowest BCUT2D eigenvalue weighted by Crippen LogP contribution is -2.30. The molecule has 1 fully saturated rings. The second-order valence-corrected chi connectivity index (χ2v) is 4.16. The molecule has 1 unspecified atom stereocenters. The third-order valence-electron chi connectivity index (χ3n) is 2.87. The number of halogens is 2. The van der Waals surface area contributed by atoms with Crippen molar-refractivity contribution in [2.24, 2.45) is 5.92 Å². The molecule has 1 aromatic rings. The lowest BCUT2D eigenvalue weighted by molar-refractivity contribution is 0.376. The van der Waals surface area contributed by atoms with Gasteiger partial charge in [-0.05, 0) is 56.0 Å². The highest BCUT2D eigenvalue weighted by Crippen LogP contribution is 2.17. The average molecular weight is 263 g/mol. The molecule has 1 atom stereocenters. The fourth-order valence-electron chi connectivity index (χ4n) is 2.15. The summed E-state index contributed by atoms with van der Waals surface area (Å²) >= 11 is 0. The summed E-state index contributed by atoms with van der Waals surface area (Å²) in [5, 5.41) is 3.44. The fraction of sp³-hybridized carbons (Fsp3) is 0.500. The Kier molecular flexibility index (Phi) is 7.56. The van der Waals surface area contributed by atoms with Crippen molar-refractivity contribution in [3.8, 4) is 0 Å². The van der Waals surface area contributed by atoms with Crippen LogP contribution < -0.4 is 11.1 Å². The summed E-state index contributed by atoms with van der Waals surface area (Å²) in [4.78, 5) is 0. The summed E-state index contributed by atoms with van der Waals surface area (Å²) in [6.07, 6.45) is 3.83. The van der Waals surface area contributed by atoms with Gasteiger partial charge in [-0.15, -0.1) is 24.8 Å². The molecule has 4 heteroatoms. The normalized spacial score (nSPS) is 19.4. The van der Waals surface area contributed by atoms with Gasteiger partial charge in [0.05, 0.1) is 0 Å². The highest BCUT2D eigenvalue weighted by molar-refractivity contribution is 5.85. The molecule has 0 bridgehead atoms. The Bertz CT molecular complexity index is 299. The zero-order chi connectivity index (χ0) is 9.80. The smallest absolute Gasteiger partial charge is 0.0316 e. The lowest BCUT2D eigenvalue weighted by atomic mass is 9.92. The third-order valence-corrected chi connectivity index (χ3v) is 2.87. The van der Waals surface area contributed by atoms with Crippen molar-refractivity contribution in [1.82, 2.24) is 5.32 Å². The first kappa shape index (κ1) is 15.6. The summed E-state index contributed by atoms with van der Waals surface area (Å²) in [5.41, 5.74) is 8.00. The van der Waals surface area contributed by atoms with E-state index in [2.05, 4.69) is 17.4 Å². The number of nitrogens with two attached hydrogens (primary N) is 1. The lowest BCUT2D eigenvalue weighted by Gasteiger charge is -2.22. The van der Waals surface area contributed by atoms with Gasteiger partial charge >= 0.3 is 0 Å². The molecule has 0 aliphatic carbocycles. The molecule has 0 spiro atoms. The Hall–Kier alpha value is -0.440. The second kappa shape index (κ2) is 7.77. The maximum Gasteiger partial charge on any atom is 0.0316 e. The SMILES string of the molecule is Cl.Cl.Nc1cccc(CC2CCCNC2)c1. The van der Waals surface area contributed by atoms with Crippen LogP contribution in [0.1, 0.15) is 18.4 Å². The molecule has 2 nitrogen and oxygen atoms in total. The van der Waals surface area contributed by atoms with Gasteiger partial charge in [0.1, 0.15) is 0 Å². The zero-order valence-electron chi connectivity index (χ0n) is 9.32. The molecule has 1 aromatic carbocycles. The van der Waals surface area contributed by atoms with E-state index in [9.17, 15) is 0 Å². The first-order valence-corrected chi connectivity index (χ1v) is 5.40. The minimum atomic E-state index is 0. The minimum Gasteiger partial charge on any atom is -0.399 e. The van der Waals surface area contributed by atoms with Crippen LogP contribution in [0.3, 0.4) is 0 Å². The molecule has 92 valence electrons. The molecule has 1 aliphatic heterocycles. The summed E-state index contributed by atoms with van der Waals surface area (Å²) in [6.45, 7) is 2.35. The molecule has 2 rings (SSSR count). The number of piperidine rings is 1. The van der Waals surface area contributed by atoms with Crippen LogP contribution >= 0.6 is 24.8 Å². The van der Waals surface area contributed by atoms with E-state index in [1.807, 2.05) is 12.1 Å². The summed E-state index contributed by atoms with van der Waals surface area (Å²) in [6, 6.07) is 8.25. The van der Waals surface area contributed by atoms with Crippen LogP contribution in [0.4, 0.5) is 5.69 Å². The average Bonchev–Trinajstić information content (AvgIpc) is 2.19.